The molecule has 0 saturated carbocycles. The Morgan fingerprint density at radius 2 is 1.77 bits per heavy atom. The molecule has 0 saturated heterocycles. The number of nitrogens with one attached hydrogen (secondary N) is 1. The molecule has 4 aromatic rings. The van der Waals surface area contributed by atoms with Gasteiger partial charge in [-0.3, -0.25) is 9.36 Å². The van der Waals surface area contributed by atoms with E-state index in [1.807, 2.05) is 30.3 Å². The van der Waals surface area contributed by atoms with Crippen LogP contribution in [0.2, 0.25) is 0 Å². The number of para-hydroxylation sites is 1. The zero-order chi connectivity index (χ0) is 20.9. The first-order chi connectivity index (χ1) is 14.5. The molecule has 1 aliphatic rings. The summed E-state index contributed by atoms with van der Waals surface area (Å²) in [6.07, 6.45) is 0. The molecule has 9 heteroatoms. The fourth-order valence-corrected chi connectivity index (χ4v) is 5.52. The monoisotopic (exact) mass is 437 g/mol. The summed E-state index contributed by atoms with van der Waals surface area (Å²) in [7, 11) is -4.02. The first-order valence-corrected chi connectivity index (χ1v) is 11.4. The van der Waals surface area contributed by atoms with E-state index in [1.54, 1.807) is 29.6 Å². The van der Waals surface area contributed by atoms with E-state index in [0.29, 0.717) is 15.9 Å². The Hall–Kier alpha value is -3.43. The van der Waals surface area contributed by atoms with Crippen LogP contribution >= 0.6 is 11.3 Å². The SMILES string of the molecule is O=c1c(C2=NS(=O)(=O)c3ccccc3N2)c(O)c2ccsc2n1Cc1ccccc1. The maximum absolute atomic E-state index is 13.4. The third-order valence-electron chi connectivity index (χ3n) is 4.89. The first-order valence-electron chi connectivity index (χ1n) is 9.04. The number of aromatic nitrogens is 1. The van der Waals surface area contributed by atoms with Crippen LogP contribution in [0, 0.1) is 0 Å². The average Bonchev–Trinajstić information content (AvgIpc) is 3.22. The van der Waals surface area contributed by atoms with Gasteiger partial charge in [-0.05, 0) is 29.1 Å². The Balaban J connectivity index is 1.75. The molecule has 3 heterocycles. The number of fused-ring (bicyclic) bond motifs is 2. The lowest BCUT2D eigenvalue weighted by atomic mass is 10.1. The molecule has 150 valence electrons. The third-order valence-corrected chi connectivity index (χ3v) is 7.16. The second-order valence-corrected chi connectivity index (χ2v) is 9.24. The predicted molar refractivity (Wildman–Crippen MR) is 117 cm³/mol. The molecule has 2 aromatic carbocycles. The van der Waals surface area contributed by atoms with Crippen LogP contribution in [0.25, 0.3) is 10.2 Å². The van der Waals surface area contributed by atoms with Gasteiger partial charge in [-0.1, -0.05) is 42.5 Å². The first kappa shape index (κ1) is 18.6. The van der Waals surface area contributed by atoms with E-state index in [4.69, 9.17) is 0 Å². The number of rotatable bonds is 3. The smallest absolute Gasteiger partial charge is 0.286 e. The number of thiophene rings is 1. The number of amidine groups is 1. The molecule has 7 nitrogen and oxygen atoms in total. The van der Waals surface area contributed by atoms with Crippen LogP contribution in [0.5, 0.6) is 5.75 Å². The molecule has 0 bridgehead atoms. The topological polar surface area (TPSA) is 101 Å². The highest BCUT2D eigenvalue weighted by Crippen LogP contribution is 2.34. The summed E-state index contributed by atoms with van der Waals surface area (Å²) in [5.74, 6) is -0.479. The maximum Gasteiger partial charge on any atom is 0.286 e. The molecule has 1 aliphatic heterocycles. The Morgan fingerprint density at radius 3 is 2.57 bits per heavy atom. The number of hydrogen-bond donors (Lipinski definition) is 2. The highest BCUT2D eigenvalue weighted by atomic mass is 32.2. The minimum Gasteiger partial charge on any atom is -0.506 e. The van der Waals surface area contributed by atoms with Crippen molar-refractivity contribution in [1.29, 1.82) is 0 Å². The van der Waals surface area contributed by atoms with E-state index in [0.717, 1.165) is 5.56 Å². The molecule has 30 heavy (non-hydrogen) atoms. The molecule has 2 N–H and O–H groups in total. The Bertz CT molecular complexity index is 1490. The van der Waals surface area contributed by atoms with E-state index >= 15 is 0 Å². The number of benzene rings is 2. The van der Waals surface area contributed by atoms with Gasteiger partial charge in [-0.15, -0.1) is 15.7 Å². The van der Waals surface area contributed by atoms with Crippen molar-refractivity contribution in [2.24, 2.45) is 4.40 Å². The lowest BCUT2D eigenvalue weighted by Crippen LogP contribution is -2.32. The minimum atomic E-state index is -4.02. The average molecular weight is 438 g/mol. The summed E-state index contributed by atoms with van der Waals surface area (Å²) >= 11 is 1.33. The van der Waals surface area contributed by atoms with Crippen LogP contribution in [-0.2, 0) is 16.6 Å². The number of pyridine rings is 1. The van der Waals surface area contributed by atoms with Gasteiger partial charge in [0.2, 0.25) is 0 Å². The molecular formula is C21H15N3O4S2. The van der Waals surface area contributed by atoms with Crippen molar-refractivity contribution in [2.45, 2.75) is 11.4 Å². The van der Waals surface area contributed by atoms with Crippen molar-refractivity contribution >= 4 is 43.1 Å². The summed E-state index contributed by atoms with van der Waals surface area (Å²) in [6.45, 7) is 0.278. The fourth-order valence-electron chi connectivity index (χ4n) is 3.50. The van der Waals surface area contributed by atoms with Crippen molar-refractivity contribution in [3.05, 3.63) is 87.5 Å². The molecule has 0 amide bonds. The van der Waals surface area contributed by atoms with Crippen molar-refractivity contribution < 1.29 is 13.5 Å². The van der Waals surface area contributed by atoms with Gasteiger partial charge in [0.15, 0.2) is 5.84 Å². The predicted octanol–water partition coefficient (Wildman–Crippen LogP) is 3.38. The van der Waals surface area contributed by atoms with Gasteiger partial charge in [0, 0.05) is 0 Å². The summed E-state index contributed by atoms with van der Waals surface area (Å²) in [5, 5.41) is 16.0. The fraction of sp³-hybridized carbons (Fsp3) is 0.0476. The molecule has 0 radical (unpaired) electrons. The minimum absolute atomic E-state index is 0.0227. The normalized spacial score (nSPS) is 14.7. The Kier molecular flexibility index (Phi) is 4.23. The van der Waals surface area contributed by atoms with Crippen molar-refractivity contribution in [3.8, 4) is 5.75 Å². The standard InChI is InChI=1S/C21H15N3O4S2/c25-18-14-10-11-29-21(14)24(12-13-6-2-1-3-7-13)20(26)17(18)19-22-15-8-4-5-9-16(15)30(27,28)23-19/h1-11,25H,12H2,(H,22,23). The van der Waals surface area contributed by atoms with Gasteiger partial charge in [0.25, 0.3) is 15.6 Å². The zero-order valence-corrected chi connectivity index (χ0v) is 17.1. The molecule has 0 aliphatic carbocycles. The van der Waals surface area contributed by atoms with E-state index in [-0.39, 0.29) is 28.6 Å². The summed E-state index contributed by atoms with van der Waals surface area (Å²) < 4.78 is 30.6. The van der Waals surface area contributed by atoms with E-state index < -0.39 is 15.6 Å². The Morgan fingerprint density at radius 1 is 1.03 bits per heavy atom. The molecule has 5 rings (SSSR count). The molecule has 0 fully saturated rings. The number of sulfonamides is 1. The van der Waals surface area contributed by atoms with Gasteiger partial charge in [-0.2, -0.15) is 8.42 Å². The number of nitrogens with zero attached hydrogens (tertiary/aromatic N) is 2. The van der Waals surface area contributed by atoms with Crippen LogP contribution in [0.1, 0.15) is 11.1 Å². The Labute approximate surface area is 175 Å². The lowest BCUT2D eigenvalue weighted by Gasteiger charge is -2.19. The van der Waals surface area contributed by atoms with Gasteiger partial charge >= 0.3 is 0 Å². The summed E-state index contributed by atoms with van der Waals surface area (Å²) in [5.41, 5.74) is 0.519. The quantitative estimate of drug-likeness (QED) is 0.512. The van der Waals surface area contributed by atoms with Crippen molar-refractivity contribution in [3.63, 3.8) is 0 Å². The summed E-state index contributed by atoms with van der Waals surface area (Å²) in [4.78, 5) is 14.0. The highest BCUT2D eigenvalue weighted by molar-refractivity contribution is 7.90. The number of anilines is 1. The summed E-state index contributed by atoms with van der Waals surface area (Å²) in [6, 6.07) is 17.4. The van der Waals surface area contributed by atoms with E-state index in [2.05, 4.69) is 9.71 Å². The third kappa shape index (κ3) is 2.90. The lowest BCUT2D eigenvalue weighted by molar-refractivity contribution is 0.478. The van der Waals surface area contributed by atoms with Crippen molar-refractivity contribution in [2.75, 3.05) is 5.32 Å². The highest BCUT2D eigenvalue weighted by Gasteiger charge is 2.29. The molecule has 2 aromatic heterocycles. The molecule has 0 spiro atoms. The second kappa shape index (κ2) is 6.82. The number of aromatic hydroxyl groups is 1. The van der Waals surface area contributed by atoms with Gasteiger partial charge in [0.1, 0.15) is 21.0 Å². The molecule has 0 unspecified atom stereocenters. The second-order valence-electron chi connectivity index (χ2n) is 6.78. The van der Waals surface area contributed by atoms with Crippen LogP contribution in [-0.4, -0.2) is 23.9 Å². The largest absolute Gasteiger partial charge is 0.506 e. The maximum atomic E-state index is 13.4. The van der Waals surface area contributed by atoms with Gasteiger partial charge in [-0.25, -0.2) is 0 Å². The van der Waals surface area contributed by atoms with Crippen LogP contribution in [0.15, 0.2) is 80.1 Å². The zero-order valence-electron chi connectivity index (χ0n) is 15.4. The van der Waals surface area contributed by atoms with E-state index in [1.165, 1.54) is 22.0 Å². The van der Waals surface area contributed by atoms with Gasteiger partial charge < -0.3 is 10.4 Å². The molecular weight excluding hydrogens is 422 g/mol. The van der Waals surface area contributed by atoms with Crippen LogP contribution in [0.3, 0.4) is 0 Å². The van der Waals surface area contributed by atoms with Crippen molar-refractivity contribution in [1.82, 2.24) is 4.57 Å². The number of hydrogen-bond acceptors (Lipinski definition) is 6. The van der Waals surface area contributed by atoms with Gasteiger partial charge in [0.05, 0.1) is 17.6 Å². The van der Waals surface area contributed by atoms with Crippen LogP contribution < -0.4 is 10.9 Å². The molecule has 0 atom stereocenters. The van der Waals surface area contributed by atoms with Crippen LogP contribution in [0.4, 0.5) is 5.69 Å². The van der Waals surface area contributed by atoms with E-state index in [9.17, 15) is 18.3 Å².